The molecule has 0 amide bonds. The highest BCUT2D eigenvalue weighted by atomic mass is 16.6. The number of hydrogen-bond acceptors (Lipinski definition) is 3. The summed E-state index contributed by atoms with van der Waals surface area (Å²) in [4.78, 5) is 7.42. The molecule has 4 nitrogen and oxygen atoms in total. The number of aromatic nitrogens is 2. The predicted octanol–water partition coefficient (Wildman–Crippen LogP) is 4.39. The van der Waals surface area contributed by atoms with Gasteiger partial charge in [0.1, 0.15) is 13.2 Å². The molecule has 0 radical (unpaired) electrons. The van der Waals surface area contributed by atoms with Crippen LogP contribution in [0.5, 0.6) is 11.5 Å². The van der Waals surface area contributed by atoms with Gasteiger partial charge in [-0.25, -0.2) is 4.98 Å². The monoisotopic (exact) mass is 332 g/mol. The number of fused-ring (bicyclic) bond motifs is 1. The zero-order chi connectivity index (χ0) is 17.2. The van der Waals surface area contributed by atoms with Crippen molar-refractivity contribution in [2.24, 2.45) is 0 Å². The number of imidazole rings is 1. The Morgan fingerprint density at radius 2 is 1.92 bits per heavy atom. The Hall–Kier alpha value is -3.01. The molecule has 0 bridgehead atoms. The van der Waals surface area contributed by atoms with E-state index < -0.39 is 0 Å². The number of nitrogens with zero attached hydrogens (tertiary/aromatic N) is 1. The Kier molecular flexibility index (Phi) is 4.02. The minimum absolute atomic E-state index is 0.588. The molecule has 4 rings (SSSR count). The fourth-order valence-corrected chi connectivity index (χ4v) is 3.06. The fourth-order valence-electron chi connectivity index (χ4n) is 3.06. The van der Waals surface area contributed by atoms with Gasteiger partial charge in [0.05, 0.1) is 18.2 Å². The van der Waals surface area contributed by atoms with Gasteiger partial charge in [0.2, 0.25) is 0 Å². The van der Waals surface area contributed by atoms with Crippen LogP contribution in [0.25, 0.3) is 11.6 Å². The number of benzene rings is 2. The first-order valence-corrected chi connectivity index (χ1v) is 8.39. The number of nitrogens with one attached hydrogen (secondary N) is 1. The number of rotatable bonds is 3. The first kappa shape index (κ1) is 15.5. The summed E-state index contributed by atoms with van der Waals surface area (Å²) in [6.07, 6.45) is 5.72. The molecule has 0 saturated carbocycles. The van der Waals surface area contributed by atoms with Gasteiger partial charge in [0.15, 0.2) is 11.5 Å². The van der Waals surface area contributed by atoms with Crippen molar-refractivity contribution in [3.63, 3.8) is 0 Å². The maximum absolute atomic E-state index is 5.71. The summed E-state index contributed by atoms with van der Waals surface area (Å²) in [7, 11) is 0. The largest absolute Gasteiger partial charge is 0.486 e. The standard InChI is InChI=1S/C21H20N2O2/c1-14-4-3-5-17(15(14)2)18(19-12-22-13-23-19)10-16-6-7-20-21(11-16)25-9-8-24-20/h3-7,10-13H,8-9H2,1-2H3,(H,22,23)/b18-10-. The smallest absolute Gasteiger partial charge is 0.161 e. The van der Waals surface area contributed by atoms with Crippen LogP contribution in [0, 0.1) is 13.8 Å². The lowest BCUT2D eigenvalue weighted by molar-refractivity contribution is 0.171. The molecule has 25 heavy (non-hydrogen) atoms. The summed E-state index contributed by atoms with van der Waals surface area (Å²) in [5.41, 5.74) is 6.89. The van der Waals surface area contributed by atoms with E-state index in [-0.39, 0.29) is 0 Å². The second kappa shape index (κ2) is 6.48. The van der Waals surface area contributed by atoms with Crippen molar-refractivity contribution in [2.45, 2.75) is 13.8 Å². The van der Waals surface area contributed by atoms with Crippen LogP contribution < -0.4 is 9.47 Å². The summed E-state index contributed by atoms with van der Waals surface area (Å²) in [6.45, 7) is 5.47. The normalized spacial score (nSPS) is 13.8. The molecule has 2 aromatic carbocycles. The second-order valence-electron chi connectivity index (χ2n) is 6.17. The molecule has 1 N–H and O–H groups in total. The zero-order valence-electron chi connectivity index (χ0n) is 14.4. The molecule has 0 saturated heterocycles. The summed E-state index contributed by atoms with van der Waals surface area (Å²) >= 11 is 0. The third kappa shape index (κ3) is 3.03. The van der Waals surface area contributed by atoms with Gasteiger partial charge in [-0.15, -0.1) is 0 Å². The minimum atomic E-state index is 0.588. The first-order chi connectivity index (χ1) is 12.2. The maximum Gasteiger partial charge on any atom is 0.161 e. The molecule has 0 aliphatic carbocycles. The zero-order valence-corrected chi connectivity index (χ0v) is 14.4. The minimum Gasteiger partial charge on any atom is -0.486 e. The van der Waals surface area contributed by atoms with Crippen molar-refractivity contribution in [3.8, 4) is 11.5 Å². The van der Waals surface area contributed by atoms with E-state index in [1.165, 1.54) is 16.7 Å². The van der Waals surface area contributed by atoms with E-state index in [2.05, 4.69) is 54.2 Å². The number of aromatic amines is 1. The van der Waals surface area contributed by atoms with Gasteiger partial charge < -0.3 is 14.5 Å². The Bertz CT molecular complexity index is 927. The Morgan fingerprint density at radius 3 is 2.72 bits per heavy atom. The average Bonchev–Trinajstić information content (AvgIpc) is 3.17. The van der Waals surface area contributed by atoms with E-state index in [1.807, 2.05) is 18.3 Å². The molecule has 2 heterocycles. The molecule has 4 heteroatoms. The van der Waals surface area contributed by atoms with Crippen molar-refractivity contribution < 1.29 is 9.47 Å². The Labute approximate surface area is 147 Å². The van der Waals surface area contributed by atoms with Crippen molar-refractivity contribution in [1.29, 1.82) is 0 Å². The molecule has 0 atom stereocenters. The highest BCUT2D eigenvalue weighted by Crippen LogP contribution is 2.34. The molecule has 0 unspecified atom stereocenters. The van der Waals surface area contributed by atoms with Crippen LogP contribution in [0.1, 0.15) is 27.9 Å². The number of H-pyrrole nitrogens is 1. The number of aryl methyl sites for hydroxylation is 1. The molecule has 1 aliphatic rings. The van der Waals surface area contributed by atoms with Gasteiger partial charge in [0.25, 0.3) is 0 Å². The Balaban J connectivity index is 1.84. The summed E-state index contributed by atoms with van der Waals surface area (Å²) in [5.74, 6) is 1.60. The van der Waals surface area contributed by atoms with Gasteiger partial charge in [-0.3, -0.25) is 0 Å². The quantitative estimate of drug-likeness (QED) is 0.724. The van der Waals surface area contributed by atoms with Gasteiger partial charge in [-0.2, -0.15) is 0 Å². The van der Waals surface area contributed by atoms with Gasteiger partial charge >= 0.3 is 0 Å². The second-order valence-corrected chi connectivity index (χ2v) is 6.17. The molecule has 0 spiro atoms. The predicted molar refractivity (Wildman–Crippen MR) is 98.9 cm³/mol. The van der Waals surface area contributed by atoms with Crippen molar-refractivity contribution in [2.75, 3.05) is 13.2 Å². The van der Waals surface area contributed by atoms with E-state index in [1.54, 1.807) is 6.33 Å². The molecule has 126 valence electrons. The van der Waals surface area contributed by atoms with Crippen molar-refractivity contribution in [3.05, 3.63) is 76.9 Å². The fraction of sp³-hybridized carbons (Fsp3) is 0.190. The molecule has 1 aliphatic heterocycles. The highest BCUT2D eigenvalue weighted by molar-refractivity contribution is 5.91. The topological polar surface area (TPSA) is 47.1 Å². The van der Waals surface area contributed by atoms with Crippen LogP contribution in [0.4, 0.5) is 0 Å². The molecular formula is C21H20N2O2. The lowest BCUT2D eigenvalue weighted by atomic mass is 9.93. The number of ether oxygens (including phenoxy) is 2. The van der Waals surface area contributed by atoms with Crippen LogP contribution in [-0.4, -0.2) is 23.2 Å². The number of hydrogen-bond donors (Lipinski definition) is 1. The Morgan fingerprint density at radius 1 is 1.08 bits per heavy atom. The van der Waals surface area contributed by atoms with E-state index >= 15 is 0 Å². The van der Waals surface area contributed by atoms with Crippen LogP contribution in [0.2, 0.25) is 0 Å². The van der Waals surface area contributed by atoms with Crippen LogP contribution in [0.15, 0.2) is 48.9 Å². The lowest BCUT2D eigenvalue weighted by Gasteiger charge is -2.18. The summed E-state index contributed by atoms with van der Waals surface area (Å²) in [6, 6.07) is 12.4. The van der Waals surface area contributed by atoms with Gasteiger partial charge in [0, 0.05) is 5.57 Å². The third-order valence-corrected chi connectivity index (χ3v) is 4.56. The van der Waals surface area contributed by atoms with Crippen molar-refractivity contribution in [1.82, 2.24) is 9.97 Å². The lowest BCUT2D eigenvalue weighted by Crippen LogP contribution is -2.15. The molecule has 0 fully saturated rings. The SMILES string of the molecule is Cc1cccc(/C(=C/c2ccc3c(c2)OCCO3)c2cnc[nH]2)c1C. The molecule has 3 aromatic rings. The van der Waals surface area contributed by atoms with Crippen molar-refractivity contribution >= 4 is 11.6 Å². The van der Waals surface area contributed by atoms with E-state index in [4.69, 9.17) is 9.47 Å². The van der Waals surface area contributed by atoms with E-state index in [0.717, 1.165) is 28.3 Å². The summed E-state index contributed by atoms with van der Waals surface area (Å²) < 4.78 is 11.3. The first-order valence-electron chi connectivity index (χ1n) is 8.39. The molecule has 1 aromatic heterocycles. The summed E-state index contributed by atoms with van der Waals surface area (Å²) in [5, 5.41) is 0. The third-order valence-electron chi connectivity index (χ3n) is 4.56. The highest BCUT2D eigenvalue weighted by Gasteiger charge is 2.14. The van der Waals surface area contributed by atoms with Crippen LogP contribution in [-0.2, 0) is 0 Å². The average molecular weight is 332 g/mol. The van der Waals surface area contributed by atoms with E-state index in [9.17, 15) is 0 Å². The van der Waals surface area contributed by atoms with Gasteiger partial charge in [-0.05, 0) is 54.3 Å². The van der Waals surface area contributed by atoms with E-state index in [0.29, 0.717) is 13.2 Å². The van der Waals surface area contributed by atoms with Crippen LogP contribution in [0.3, 0.4) is 0 Å². The van der Waals surface area contributed by atoms with Gasteiger partial charge in [-0.1, -0.05) is 24.3 Å². The molecular weight excluding hydrogens is 312 g/mol. The maximum atomic E-state index is 5.71. The van der Waals surface area contributed by atoms with Crippen LogP contribution >= 0.6 is 0 Å².